The average molecular weight is 378 g/mol. The number of hydrogen-bond donors (Lipinski definition) is 3. The second-order valence-corrected chi connectivity index (χ2v) is 9.76. The maximum Gasteiger partial charge on any atom is 0.315 e. The minimum absolute atomic E-state index is 0.227. The molecule has 6 nitrogen and oxygen atoms in total. The molecule has 1 aromatic rings. The highest BCUT2D eigenvalue weighted by Gasteiger charge is 2.52. The number of anilines is 1. The van der Waals surface area contributed by atoms with E-state index < -0.39 is 11.8 Å². The van der Waals surface area contributed by atoms with Crippen molar-refractivity contribution in [3.8, 4) is 0 Å². The molecule has 4 saturated carbocycles. The molecule has 0 aromatic carbocycles. The number of nitrogens with zero attached hydrogens (tertiary/aromatic N) is 1. The Balaban J connectivity index is 1.38. The van der Waals surface area contributed by atoms with Gasteiger partial charge in [-0.1, -0.05) is 0 Å². The zero-order valence-corrected chi connectivity index (χ0v) is 16.5. The van der Waals surface area contributed by atoms with Crippen LogP contribution in [-0.4, -0.2) is 44.0 Å². The van der Waals surface area contributed by atoms with Gasteiger partial charge in [-0.05, 0) is 56.3 Å². The van der Waals surface area contributed by atoms with Crippen LogP contribution in [0.25, 0.3) is 0 Å². The van der Waals surface area contributed by atoms with Crippen molar-refractivity contribution in [1.82, 2.24) is 10.3 Å². The number of thiazole rings is 1. The number of carbonyl (C=O) groups excluding carboxylic acids is 2. The van der Waals surface area contributed by atoms with Gasteiger partial charge < -0.3 is 10.2 Å². The molecule has 1 aromatic heterocycles. The third kappa shape index (κ3) is 3.51. The molecule has 0 aliphatic heterocycles. The van der Waals surface area contributed by atoms with E-state index in [4.69, 9.17) is 4.98 Å². The third-order valence-electron chi connectivity index (χ3n) is 6.42. The van der Waals surface area contributed by atoms with E-state index in [1.165, 1.54) is 54.8 Å². The first kappa shape index (κ1) is 17.9. The standard InChI is InChI=1S/C19H28N4O2S/c1-23(2)4-3-20-16(24)17(25)22-18-21-15(11-26-18)19-8-12-5-13(9-19)7-14(6-12)10-19/h11-14H,3-10H2,1-2H3,(H,20,24)(H,21,22,25)/p+1. The third-order valence-corrected chi connectivity index (χ3v) is 7.18. The van der Waals surface area contributed by atoms with Crippen LogP contribution in [0, 0.1) is 17.8 Å². The summed E-state index contributed by atoms with van der Waals surface area (Å²) in [6.07, 6.45) is 7.97. The van der Waals surface area contributed by atoms with Gasteiger partial charge >= 0.3 is 11.8 Å². The lowest BCUT2D eigenvalue weighted by Crippen LogP contribution is -3.06. The fraction of sp³-hybridized carbons (Fsp3) is 0.737. The van der Waals surface area contributed by atoms with Crippen molar-refractivity contribution in [2.75, 3.05) is 32.5 Å². The van der Waals surface area contributed by atoms with Crippen molar-refractivity contribution >= 4 is 28.3 Å². The predicted molar refractivity (Wildman–Crippen MR) is 101 cm³/mol. The van der Waals surface area contributed by atoms with Crippen molar-refractivity contribution in [3.63, 3.8) is 0 Å². The fourth-order valence-corrected chi connectivity index (χ4v) is 6.49. The highest BCUT2D eigenvalue weighted by Crippen LogP contribution is 2.60. The van der Waals surface area contributed by atoms with Gasteiger partial charge in [0.2, 0.25) is 0 Å². The molecule has 3 N–H and O–H groups in total. The molecule has 4 aliphatic rings. The first-order valence-electron chi connectivity index (χ1n) is 9.78. The highest BCUT2D eigenvalue weighted by atomic mass is 32.1. The monoisotopic (exact) mass is 377 g/mol. The van der Waals surface area contributed by atoms with Crippen LogP contribution in [0.5, 0.6) is 0 Å². The summed E-state index contributed by atoms with van der Waals surface area (Å²) in [6, 6.07) is 0. The van der Waals surface area contributed by atoms with Crippen LogP contribution in [-0.2, 0) is 15.0 Å². The van der Waals surface area contributed by atoms with E-state index in [-0.39, 0.29) is 5.41 Å². The maximum atomic E-state index is 12.1. The summed E-state index contributed by atoms with van der Waals surface area (Å²) < 4.78 is 0. The smallest absolute Gasteiger partial charge is 0.315 e. The van der Waals surface area contributed by atoms with Gasteiger partial charge in [-0.2, -0.15) is 0 Å². The molecule has 5 rings (SSSR count). The molecule has 4 bridgehead atoms. The molecule has 0 unspecified atom stereocenters. The number of hydrogen-bond acceptors (Lipinski definition) is 4. The Labute approximate surface area is 158 Å². The van der Waals surface area contributed by atoms with Gasteiger partial charge in [-0.15, -0.1) is 11.3 Å². The van der Waals surface area contributed by atoms with Crippen LogP contribution < -0.4 is 15.5 Å². The highest BCUT2D eigenvalue weighted by molar-refractivity contribution is 7.14. The summed E-state index contributed by atoms with van der Waals surface area (Å²) in [7, 11) is 4.02. The van der Waals surface area contributed by atoms with E-state index in [1.807, 2.05) is 14.1 Å². The van der Waals surface area contributed by atoms with Crippen molar-refractivity contribution in [1.29, 1.82) is 0 Å². The number of nitrogens with one attached hydrogen (secondary N) is 3. The fourth-order valence-electron chi connectivity index (χ4n) is 5.66. The molecule has 4 fully saturated rings. The quantitative estimate of drug-likeness (QED) is 0.665. The van der Waals surface area contributed by atoms with Gasteiger partial charge in [0, 0.05) is 10.8 Å². The molecule has 0 spiro atoms. The maximum absolute atomic E-state index is 12.1. The molecule has 142 valence electrons. The molecule has 0 atom stereocenters. The minimum Gasteiger partial charge on any atom is -0.342 e. The number of quaternary nitrogens is 1. The molecule has 0 saturated heterocycles. The van der Waals surface area contributed by atoms with Gasteiger partial charge in [0.25, 0.3) is 0 Å². The SMILES string of the molecule is C[NH+](C)CCNC(=O)C(=O)Nc1nc(C23CC4CC(CC(C4)C2)C3)cs1. The summed E-state index contributed by atoms with van der Waals surface area (Å²) in [5.74, 6) is 1.39. The molecule has 7 heteroatoms. The van der Waals surface area contributed by atoms with Gasteiger partial charge in [-0.3, -0.25) is 14.9 Å². The number of amides is 2. The minimum atomic E-state index is -0.620. The Kier molecular flexibility index (Phi) is 4.77. The number of carbonyl (C=O) groups is 2. The van der Waals surface area contributed by atoms with Crippen LogP contribution in [0.3, 0.4) is 0 Å². The van der Waals surface area contributed by atoms with E-state index in [0.29, 0.717) is 11.7 Å². The number of rotatable bonds is 5. The molecular weight excluding hydrogens is 348 g/mol. The predicted octanol–water partition coefficient (Wildman–Crippen LogP) is 0.810. The van der Waals surface area contributed by atoms with Crippen LogP contribution >= 0.6 is 11.3 Å². The zero-order valence-electron chi connectivity index (χ0n) is 15.6. The van der Waals surface area contributed by atoms with E-state index in [9.17, 15) is 9.59 Å². The first-order valence-corrected chi connectivity index (χ1v) is 10.7. The normalized spacial score (nSPS) is 32.0. The Hall–Kier alpha value is -1.47. The van der Waals surface area contributed by atoms with Crippen molar-refractivity contribution in [2.24, 2.45) is 17.8 Å². The largest absolute Gasteiger partial charge is 0.342 e. The van der Waals surface area contributed by atoms with Crippen molar-refractivity contribution in [2.45, 2.75) is 43.9 Å². The molecule has 1 heterocycles. The van der Waals surface area contributed by atoms with E-state index in [2.05, 4.69) is 16.0 Å². The molecular formula is C19H29N4O2S+. The summed E-state index contributed by atoms with van der Waals surface area (Å²) in [5.41, 5.74) is 1.37. The lowest BCUT2D eigenvalue weighted by atomic mass is 9.49. The second-order valence-electron chi connectivity index (χ2n) is 8.90. The van der Waals surface area contributed by atoms with Gasteiger partial charge in [0.1, 0.15) is 0 Å². The number of aromatic nitrogens is 1. The summed E-state index contributed by atoms with van der Waals surface area (Å²) >= 11 is 1.45. The van der Waals surface area contributed by atoms with Gasteiger partial charge in [0.05, 0.1) is 32.9 Å². The van der Waals surface area contributed by atoms with Crippen LogP contribution in [0.2, 0.25) is 0 Å². The summed E-state index contributed by atoms with van der Waals surface area (Å²) in [5, 5.41) is 7.99. The van der Waals surface area contributed by atoms with Crippen LogP contribution in [0.4, 0.5) is 5.13 Å². The number of likely N-dealkylation sites (N-methyl/N-ethyl adjacent to an activating group) is 1. The van der Waals surface area contributed by atoms with Crippen LogP contribution in [0.15, 0.2) is 5.38 Å². The van der Waals surface area contributed by atoms with E-state index in [1.54, 1.807) is 0 Å². The van der Waals surface area contributed by atoms with E-state index in [0.717, 1.165) is 30.0 Å². The lowest BCUT2D eigenvalue weighted by Gasteiger charge is -2.56. The second kappa shape index (κ2) is 6.93. The molecule has 0 radical (unpaired) electrons. The molecule has 2 amide bonds. The molecule has 26 heavy (non-hydrogen) atoms. The Morgan fingerprint density at radius 1 is 1.15 bits per heavy atom. The van der Waals surface area contributed by atoms with Gasteiger partial charge in [-0.25, -0.2) is 4.98 Å². The topological polar surface area (TPSA) is 75.5 Å². The first-order chi connectivity index (χ1) is 12.4. The lowest BCUT2D eigenvalue weighted by molar-refractivity contribution is -0.856. The van der Waals surface area contributed by atoms with Crippen molar-refractivity contribution < 1.29 is 14.5 Å². The van der Waals surface area contributed by atoms with Gasteiger partial charge in [0.15, 0.2) is 5.13 Å². The van der Waals surface area contributed by atoms with Crippen LogP contribution in [0.1, 0.15) is 44.2 Å². The van der Waals surface area contributed by atoms with E-state index >= 15 is 0 Å². The Morgan fingerprint density at radius 2 is 1.77 bits per heavy atom. The summed E-state index contributed by atoms with van der Waals surface area (Å²) in [4.78, 5) is 29.9. The average Bonchev–Trinajstić information content (AvgIpc) is 3.02. The molecule has 4 aliphatic carbocycles. The zero-order chi connectivity index (χ0) is 18.3. The Bertz CT molecular complexity index is 664. The summed E-state index contributed by atoms with van der Waals surface area (Å²) in [6.45, 7) is 1.28. The van der Waals surface area contributed by atoms with Crippen molar-refractivity contribution in [3.05, 3.63) is 11.1 Å². The Morgan fingerprint density at radius 3 is 2.35 bits per heavy atom.